The van der Waals surface area contributed by atoms with Crippen molar-refractivity contribution in [1.29, 1.82) is 0 Å². The summed E-state index contributed by atoms with van der Waals surface area (Å²) in [4.78, 5) is 12.0. The molecule has 0 bridgehead atoms. The molecule has 0 spiro atoms. The summed E-state index contributed by atoms with van der Waals surface area (Å²) in [5, 5.41) is 2.01. The second-order valence-electron chi connectivity index (χ2n) is 4.09. The molecule has 0 heterocycles. The zero-order chi connectivity index (χ0) is 14.9. The Morgan fingerprint density at radius 2 is 1.65 bits per heavy atom. The fraction of sp³-hybridized carbons (Fsp3) is 0. The van der Waals surface area contributed by atoms with Crippen LogP contribution in [0.2, 0.25) is 5.02 Å². The van der Waals surface area contributed by atoms with Crippen molar-refractivity contribution in [2.45, 2.75) is 0 Å². The summed E-state index contributed by atoms with van der Waals surface area (Å²) >= 11 is 5.68. The topological polar surface area (TPSA) is 81.1 Å². The van der Waals surface area contributed by atoms with Gasteiger partial charge in [-0.3, -0.25) is 4.79 Å². The van der Waals surface area contributed by atoms with E-state index in [-0.39, 0.29) is 16.3 Å². The summed E-state index contributed by atoms with van der Waals surface area (Å²) in [5.74, 6) is -2.46. The lowest BCUT2D eigenvalue weighted by molar-refractivity contribution is 0.102. The molecule has 2 aromatic carbocycles. The van der Waals surface area contributed by atoms with Crippen LogP contribution in [-0.4, -0.2) is 5.91 Å². The number of rotatable bonds is 2. The molecule has 0 aliphatic carbocycles. The monoisotopic (exact) mass is 297 g/mol. The van der Waals surface area contributed by atoms with E-state index in [2.05, 4.69) is 5.32 Å². The van der Waals surface area contributed by atoms with Crippen LogP contribution < -0.4 is 16.8 Å². The minimum Gasteiger partial charge on any atom is -0.399 e. The molecule has 0 aromatic heterocycles. The highest BCUT2D eigenvalue weighted by atomic mass is 35.5. The molecule has 0 radical (unpaired) electrons. The van der Waals surface area contributed by atoms with Crippen molar-refractivity contribution in [3.8, 4) is 0 Å². The van der Waals surface area contributed by atoms with Crippen molar-refractivity contribution >= 4 is 34.6 Å². The van der Waals surface area contributed by atoms with Crippen molar-refractivity contribution in [3.05, 3.63) is 52.6 Å². The Balaban J connectivity index is 2.32. The molecule has 2 rings (SSSR count). The minimum absolute atomic E-state index is 0.141. The fourth-order valence-corrected chi connectivity index (χ4v) is 1.90. The van der Waals surface area contributed by atoms with Gasteiger partial charge in [0.1, 0.15) is 5.82 Å². The van der Waals surface area contributed by atoms with Gasteiger partial charge in [0.15, 0.2) is 5.82 Å². The summed E-state index contributed by atoms with van der Waals surface area (Å²) in [6, 6.07) is 5.74. The van der Waals surface area contributed by atoms with Gasteiger partial charge in [-0.25, -0.2) is 8.78 Å². The highest BCUT2D eigenvalue weighted by Crippen LogP contribution is 2.27. The first-order chi connectivity index (χ1) is 9.36. The zero-order valence-corrected chi connectivity index (χ0v) is 10.8. The summed E-state index contributed by atoms with van der Waals surface area (Å²) in [7, 11) is 0. The number of nitrogen functional groups attached to an aromatic ring is 2. The van der Waals surface area contributed by atoms with Crippen molar-refractivity contribution in [1.82, 2.24) is 0 Å². The van der Waals surface area contributed by atoms with Crippen LogP contribution in [0.3, 0.4) is 0 Å². The predicted molar refractivity (Wildman–Crippen MR) is 74.6 cm³/mol. The third-order valence-corrected chi connectivity index (χ3v) is 2.78. The van der Waals surface area contributed by atoms with E-state index in [1.807, 2.05) is 0 Å². The molecule has 5 N–H and O–H groups in total. The number of carbonyl (C=O) groups is 1. The zero-order valence-electron chi connectivity index (χ0n) is 10.1. The molecule has 1 amide bonds. The Hall–Kier alpha value is -2.34. The van der Waals surface area contributed by atoms with E-state index in [0.717, 1.165) is 6.07 Å². The minimum atomic E-state index is -0.972. The summed E-state index contributed by atoms with van der Waals surface area (Å²) < 4.78 is 26.5. The molecule has 0 unspecified atom stereocenters. The van der Waals surface area contributed by atoms with Crippen LogP contribution in [0.1, 0.15) is 10.4 Å². The number of benzene rings is 2. The molecule has 104 valence electrons. The molecular formula is C13H10ClF2N3O. The van der Waals surface area contributed by atoms with E-state index in [4.69, 9.17) is 23.1 Å². The smallest absolute Gasteiger partial charge is 0.255 e. The van der Waals surface area contributed by atoms with Gasteiger partial charge in [-0.05, 0) is 24.3 Å². The van der Waals surface area contributed by atoms with Crippen molar-refractivity contribution in [2.75, 3.05) is 16.8 Å². The van der Waals surface area contributed by atoms with Gasteiger partial charge >= 0.3 is 0 Å². The summed E-state index contributed by atoms with van der Waals surface area (Å²) in [6.07, 6.45) is 0. The van der Waals surface area contributed by atoms with Gasteiger partial charge in [-0.15, -0.1) is 0 Å². The number of amides is 1. The summed E-state index contributed by atoms with van der Waals surface area (Å²) in [5.41, 5.74) is 11.5. The molecule has 20 heavy (non-hydrogen) atoms. The Bertz CT molecular complexity index is 648. The molecule has 2 aromatic rings. The first-order valence-electron chi connectivity index (χ1n) is 5.49. The second-order valence-corrected chi connectivity index (χ2v) is 4.49. The molecule has 0 saturated carbocycles. The van der Waals surface area contributed by atoms with Crippen LogP contribution in [0.15, 0.2) is 30.3 Å². The van der Waals surface area contributed by atoms with E-state index in [1.165, 1.54) is 18.2 Å². The van der Waals surface area contributed by atoms with Gasteiger partial charge in [-0.1, -0.05) is 11.6 Å². The molecule has 4 nitrogen and oxygen atoms in total. The lowest BCUT2D eigenvalue weighted by Gasteiger charge is -2.09. The molecule has 0 aliphatic rings. The summed E-state index contributed by atoms with van der Waals surface area (Å²) in [6.45, 7) is 0. The molecular weight excluding hydrogens is 288 g/mol. The van der Waals surface area contributed by atoms with E-state index in [1.54, 1.807) is 0 Å². The Morgan fingerprint density at radius 3 is 2.20 bits per heavy atom. The second kappa shape index (κ2) is 5.34. The Kier molecular flexibility index (Phi) is 3.76. The van der Waals surface area contributed by atoms with Crippen LogP contribution in [0, 0.1) is 11.6 Å². The number of anilines is 3. The third-order valence-electron chi connectivity index (χ3n) is 2.49. The maximum atomic E-state index is 13.6. The number of hydrogen-bond donors (Lipinski definition) is 3. The average Bonchev–Trinajstić information content (AvgIpc) is 2.32. The quantitative estimate of drug-likeness (QED) is 0.745. The van der Waals surface area contributed by atoms with E-state index in [9.17, 15) is 13.6 Å². The van der Waals surface area contributed by atoms with Gasteiger partial charge in [0.2, 0.25) is 0 Å². The Morgan fingerprint density at radius 1 is 1.05 bits per heavy atom. The van der Waals surface area contributed by atoms with Crippen LogP contribution in [0.4, 0.5) is 25.8 Å². The number of hydrogen-bond acceptors (Lipinski definition) is 3. The lowest BCUT2D eigenvalue weighted by Crippen LogP contribution is -2.14. The number of nitrogens with two attached hydrogens (primary N) is 2. The maximum Gasteiger partial charge on any atom is 0.255 e. The SMILES string of the molecule is Nc1cc(N)cc(C(=O)Nc2c(F)cc(F)cc2Cl)c1. The standard InChI is InChI=1S/C13H10ClF2N3O/c14-10-3-7(15)4-11(16)12(10)19-13(20)6-1-8(17)5-9(18)2-6/h1-5H,17-18H2,(H,19,20). The van der Waals surface area contributed by atoms with Gasteiger partial charge in [0.05, 0.1) is 10.7 Å². The van der Waals surface area contributed by atoms with Crippen molar-refractivity contribution < 1.29 is 13.6 Å². The average molecular weight is 298 g/mol. The molecule has 0 atom stereocenters. The van der Waals surface area contributed by atoms with E-state index in [0.29, 0.717) is 17.4 Å². The van der Waals surface area contributed by atoms with E-state index >= 15 is 0 Å². The Labute approximate surface area is 118 Å². The number of nitrogens with one attached hydrogen (secondary N) is 1. The molecule has 0 fully saturated rings. The van der Waals surface area contributed by atoms with Crippen LogP contribution in [0.5, 0.6) is 0 Å². The predicted octanol–water partition coefficient (Wildman–Crippen LogP) is 3.03. The normalized spacial score (nSPS) is 10.3. The third kappa shape index (κ3) is 2.97. The largest absolute Gasteiger partial charge is 0.399 e. The van der Waals surface area contributed by atoms with Gasteiger partial charge in [0, 0.05) is 23.0 Å². The van der Waals surface area contributed by atoms with Gasteiger partial charge in [-0.2, -0.15) is 0 Å². The lowest BCUT2D eigenvalue weighted by atomic mass is 10.1. The highest BCUT2D eigenvalue weighted by molar-refractivity contribution is 6.34. The van der Waals surface area contributed by atoms with Crippen LogP contribution >= 0.6 is 11.6 Å². The van der Waals surface area contributed by atoms with Gasteiger partial charge < -0.3 is 16.8 Å². The molecule has 0 aliphatic heterocycles. The van der Waals surface area contributed by atoms with Crippen molar-refractivity contribution in [2.24, 2.45) is 0 Å². The van der Waals surface area contributed by atoms with Gasteiger partial charge in [0.25, 0.3) is 5.91 Å². The highest BCUT2D eigenvalue weighted by Gasteiger charge is 2.14. The fourth-order valence-electron chi connectivity index (χ4n) is 1.65. The number of carbonyl (C=O) groups excluding carboxylic acids is 1. The first-order valence-corrected chi connectivity index (χ1v) is 5.86. The molecule has 0 saturated heterocycles. The number of halogens is 3. The first kappa shape index (κ1) is 14.1. The van der Waals surface area contributed by atoms with Crippen molar-refractivity contribution in [3.63, 3.8) is 0 Å². The maximum absolute atomic E-state index is 13.6. The van der Waals surface area contributed by atoms with Crippen LogP contribution in [0.25, 0.3) is 0 Å². The van der Waals surface area contributed by atoms with Crippen LogP contribution in [-0.2, 0) is 0 Å². The van der Waals surface area contributed by atoms with E-state index < -0.39 is 17.5 Å². The molecule has 7 heteroatoms.